The largest absolute Gasteiger partial charge is 0.357 e. The summed E-state index contributed by atoms with van der Waals surface area (Å²) in [7, 11) is 0. The van der Waals surface area contributed by atoms with E-state index in [-0.39, 0.29) is 29.9 Å². The van der Waals surface area contributed by atoms with Crippen molar-refractivity contribution < 1.29 is 4.79 Å². The molecule has 2 N–H and O–H groups in total. The van der Waals surface area contributed by atoms with Gasteiger partial charge in [0.05, 0.1) is 13.1 Å². The number of anilines is 1. The van der Waals surface area contributed by atoms with Crippen LogP contribution in [0, 0.1) is 6.92 Å². The number of hydrogen-bond acceptors (Lipinski definition) is 3. The molecule has 0 atom stereocenters. The number of rotatable bonds is 6. The van der Waals surface area contributed by atoms with Gasteiger partial charge in [0.2, 0.25) is 5.91 Å². The molecule has 3 rings (SSSR count). The predicted octanol–water partition coefficient (Wildman–Crippen LogP) is 4.45. The van der Waals surface area contributed by atoms with Gasteiger partial charge in [0.15, 0.2) is 5.96 Å². The Hall–Kier alpha value is -1.61. The van der Waals surface area contributed by atoms with Gasteiger partial charge < -0.3 is 15.5 Å². The van der Waals surface area contributed by atoms with Gasteiger partial charge in [-0.3, -0.25) is 4.79 Å². The number of carbonyl (C=O) groups excluding carboxylic acids is 1. The van der Waals surface area contributed by atoms with E-state index in [2.05, 4.69) is 53.7 Å². The molecular formula is C21H29IN4OS. The number of carbonyl (C=O) groups is 1. The number of nitrogens with zero attached hydrogens (tertiary/aromatic N) is 2. The lowest BCUT2D eigenvalue weighted by Crippen LogP contribution is -2.36. The number of halogens is 1. The number of guanidine groups is 1. The Bertz CT molecular complexity index is 788. The minimum Gasteiger partial charge on any atom is -0.357 e. The minimum absolute atomic E-state index is 0. The van der Waals surface area contributed by atoms with Crippen molar-refractivity contribution in [1.82, 2.24) is 10.6 Å². The molecule has 1 fully saturated rings. The summed E-state index contributed by atoms with van der Waals surface area (Å²) in [5, 5.41) is 6.68. The third kappa shape index (κ3) is 6.48. The molecule has 0 bridgehead atoms. The van der Waals surface area contributed by atoms with E-state index in [1.807, 2.05) is 17.0 Å². The highest BCUT2D eigenvalue weighted by Gasteiger charge is 2.19. The molecule has 0 radical (unpaired) electrons. The predicted molar refractivity (Wildman–Crippen MR) is 129 cm³/mol. The fourth-order valence-electron chi connectivity index (χ4n) is 3.12. The first-order valence-corrected chi connectivity index (χ1v) is 10.4. The van der Waals surface area contributed by atoms with E-state index in [4.69, 9.17) is 0 Å². The molecule has 0 saturated carbocycles. The molecule has 0 aliphatic carbocycles. The van der Waals surface area contributed by atoms with Crippen molar-refractivity contribution in [2.45, 2.75) is 46.2 Å². The van der Waals surface area contributed by atoms with Crippen molar-refractivity contribution in [2.75, 3.05) is 18.0 Å². The topological polar surface area (TPSA) is 56.7 Å². The lowest BCUT2D eigenvalue weighted by Gasteiger charge is -2.26. The van der Waals surface area contributed by atoms with Crippen molar-refractivity contribution in [3.63, 3.8) is 0 Å². The summed E-state index contributed by atoms with van der Waals surface area (Å²) < 4.78 is 0. The van der Waals surface area contributed by atoms with E-state index in [1.165, 1.54) is 9.75 Å². The van der Waals surface area contributed by atoms with Crippen molar-refractivity contribution in [2.24, 2.45) is 4.99 Å². The van der Waals surface area contributed by atoms with Crippen molar-refractivity contribution >= 4 is 52.9 Å². The lowest BCUT2D eigenvalue weighted by atomic mass is 10.1. The van der Waals surface area contributed by atoms with E-state index in [0.29, 0.717) is 13.0 Å². The maximum Gasteiger partial charge on any atom is 0.226 e. The SMILES string of the molecule is CCNC(=NCc1ccc(N2CCCCC2=O)cc1)NCc1ccc(C)s1.I. The molecule has 1 amide bonds. The molecule has 0 spiro atoms. The first-order chi connectivity index (χ1) is 13.2. The summed E-state index contributed by atoms with van der Waals surface area (Å²) in [5.74, 6) is 1.05. The molecule has 1 aromatic carbocycles. The quantitative estimate of drug-likeness (QED) is 0.342. The van der Waals surface area contributed by atoms with E-state index in [1.54, 1.807) is 11.3 Å². The first kappa shape index (κ1) is 22.7. The monoisotopic (exact) mass is 512 g/mol. The van der Waals surface area contributed by atoms with Gasteiger partial charge in [-0.25, -0.2) is 4.99 Å². The van der Waals surface area contributed by atoms with Crippen molar-refractivity contribution in [1.29, 1.82) is 0 Å². The molecule has 1 saturated heterocycles. The molecule has 5 nitrogen and oxygen atoms in total. The van der Waals surface area contributed by atoms with Crippen LogP contribution < -0.4 is 15.5 Å². The summed E-state index contributed by atoms with van der Waals surface area (Å²) in [5.41, 5.74) is 2.12. The number of aryl methyl sites for hydroxylation is 1. The zero-order valence-corrected chi connectivity index (χ0v) is 19.7. The van der Waals surface area contributed by atoms with Crippen LogP contribution in [0.3, 0.4) is 0 Å². The van der Waals surface area contributed by atoms with Crippen LogP contribution in [0.4, 0.5) is 5.69 Å². The maximum atomic E-state index is 12.0. The summed E-state index contributed by atoms with van der Waals surface area (Å²) in [4.78, 5) is 21.2. The zero-order chi connectivity index (χ0) is 19.1. The standard InChI is InChI=1S/C21H28N4OS.HI/c1-3-22-21(24-15-19-12-7-16(2)27-19)23-14-17-8-10-18(11-9-17)25-13-5-4-6-20(25)26;/h7-12H,3-6,13-15H2,1-2H3,(H2,22,23,24);1H. The Morgan fingerprint density at radius 2 is 1.93 bits per heavy atom. The fourth-order valence-corrected chi connectivity index (χ4v) is 3.95. The average molecular weight is 512 g/mol. The number of piperidine rings is 1. The van der Waals surface area contributed by atoms with Gasteiger partial charge in [0.25, 0.3) is 0 Å². The highest BCUT2D eigenvalue weighted by atomic mass is 127. The normalized spacial score (nSPS) is 14.6. The minimum atomic E-state index is 0. The number of thiophene rings is 1. The highest BCUT2D eigenvalue weighted by Crippen LogP contribution is 2.21. The van der Waals surface area contributed by atoms with Crippen LogP contribution in [0.15, 0.2) is 41.4 Å². The van der Waals surface area contributed by atoms with Crippen LogP contribution in [0.25, 0.3) is 0 Å². The third-order valence-corrected chi connectivity index (χ3v) is 5.56. The van der Waals surface area contributed by atoms with E-state index < -0.39 is 0 Å². The zero-order valence-electron chi connectivity index (χ0n) is 16.5. The molecule has 1 aliphatic rings. The molecule has 1 aliphatic heterocycles. The van der Waals surface area contributed by atoms with Gasteiger partial charge in [-0.15, -0.1) is 35.3 Å². The van der Waals surface area contributed by atoms with Crippen molar-refractivity contribution in [3.8, 4) is 0 Å². The molecule has 2 heterocycles. The Kier molecular flexibility index (Phi) is 9.24. The van der Waals surface area contributed by atoms with Gasteiger partial charge in [-0.1, -0.05) is 12.1 Å². The number of amides is 1. The lowest BCUT2D eigenvalue weighted by molar-refractivity contribution is -0.119. The number of nitrogens with one attached hydrogen (secondary N) is 2. The highest BCUT2D eigenvalue weighted by molar-refractivity contribution is 14.0. The first-order valence-electron chi connectivity index (χ1n) is 9.62. The van der Waals surface area contributed by atoms with Gasteiger partial charge >= 0.3 is 0 Å². The Balaban J connectivity index is 0.00000280. The van der Waals surface area contributed by atoms with Gasteiger partial charge in [-0.05, 0) is 56.5 Å². The number of hydrogen-bond donors (Lipinski definition) is 2. The Labute approximate surface area is 188 Å². The third-order valence-electron chi connectivity index (χ3n) is 4.56. The molecule has 2 aromatic rings. The van der Waals surface area contributed by atoms with E-state index >= 15 is 0 Å². The molecule has 7 heteroatoms. The molecule has 0 unspecified atom stereocenters. The van der Waals surface area contributed by atoms with E-state index in [9.17, 15) is 4.79 Å². The number of aliphatic imine (C=N–C) groups is 1. The van der Waals surface area contributed by atoms with Crippen LogP contribution in [0.1, 0.15) is 41.5 Å². The Morgan fingerprint density at radius 3 is 2.57 bits per heavy atom. The van der Waals surface area contributed by atoms with Crippen LogP contribution in [-0.2, 0) is 17.9 Å². The van der Waals surface area contributed by atoms with Gasteiger partial charge in [0.1, 0.15) is 0 Å². The second-order valence-electron chi connectivity index (χ2n) is 6.73. The average Bonchev–Trinajstić information content (AvgIpc) is 3.10. The summed E-state index contributed by atoms with van der Waals surface area (Å²) in [6.07, 6.45) is 2.75. The van der Waals surface area contributed by atoms with Crippen molar-refractivity contribution in [3.05, 3.63) is 51.7 Å². The number of benzene rings is 1. The van der Waals surface area contributed by atoms with Gasteiger partial charge in [-0.2, -0.15) is 0 Å². The van der Waals surface area contributed by atoms with Gasteiger partial charge in [0, 0.05) is 35.0 Å². The second kappa shape index (κ2) is 11.4. The summed E-state index contributed by atoms with van der Waals surface area (Å²) >= 11 is 1.80. The van der Waals surface area contributed by atoms with Crippen LogP contribution >= 0.6 is 35.3 Å². The van der Waals surface area contributed by atoms with Crippen LogP contribution in [0.2, 0.25) is 0 Å². The molecular weight excluding hydrogens is 483 g/mol. The Morgan fingerprint density at radius 1 is 1.14 bits per heavy atom. The van der Waals surface area contributed by atoms with Crippen LogP contribution in [0.5, 0.6) is 0 Å². The second-order valence-corrected chi connectivity index (χ2v) is 8.10. The maximum absolute atomic E-state index is 12.0. The summed E-state index contributed by atoms with van der Waals surface area (Å²) in [6, 6.07) is 12.5. The molecule has 28 heavy (non-hydrogen) atoms. The molecule has 152 valence electrons. The fraction of sp³-hybridized carbons (Fsp3) is 0.429. The molecule has 1 aromatic heterocycles. The van der Waals surface area contributed by atoms with Crippen LogP contribution in [-0.4, -0.2) is 25.0 Å². The summed E-state index contributed by atoms with van der Waals surface area (Å²) in [6.45, 7) is 7.22. The smallest absolute Gasteiger partial charge is 0.226 e. The van der Waals surface area contributed by atoms with E-state index in [0.717, 1.165) is 49.7 Å².